The zero-order chi connectivity index (χ0) is 13.0. The Bertz CT molecular complexity index is 554. The number of amides is 1. The third-order valence-electron chi connectivity index (χ3n) is 2.71. The lowest BCUT2D eigenvalue weighted by molar-refractivity contribution is 0.0954. The summed E-state index contributed by atoms with van der Waals surface area (Å²) in [6.45, 7) is 4.33. The van der Waals surface area contributed by atoms with Gasteiger partial charge in [0, 0.05) is 25.7 Å². The number of hydrogen-bond acceptors (Lipinski definition) is 4. The van der Waals surface area contributed by atoms with Crippen LogP contribution in [-0.2, 0) is 7.05 Å². The van der Waals surface area contributed by atoms with Crippen molar-refractivity contribution >= 4 is 29.3 Å². The fourth-order valence-electron chi connectivity index (χ4n) is 1.73. The van der Waals surface area contributed by atoms with Crippen LogP contribution in [0, 0.1) is 0 Å². The number of rotatable bonds is 5. The molecule has 7 heteroatoms. The van der Waals surface area contributed by atoms with Crippen molar-refractivity contribution in [1.29, 1.82) is 0 Å². The van der Waals surface area contributed by atoms with E-state index in [9.17, 15) is 4.79 Å². The number of aromatic nitrogens is 3. The first-order valence-corrected chi connectivity index (χ1v) is 6.00. The van der Waals surface area contributed by atoms with E-state index in [-0.39, 0.29) is 18.3 Å². The highest BCUT2D eigenvalue weighted by atomic mass is 35.5. The van der Waals surface area contributed by atoms with Gasteiger partial charge in [0.05, 0.1) is 5.52 Å². The molecule has 0 atom stereocenters. The molecule has 0 aliphatic carbocycles. The van der Waals surface area contributed by atoms with E-state index in [1.807, 2.05) is 20.0 Å². The van der Waals surface area contributed by atoms with Crippen LogP contribution in [0.15, 0.2) is 18.2 Å². The Morgan fingerprint density at radius 3 is 2.89 bits per heavy atom. The highest BCUT2D eigenvalue weighted by Crippen LogP contribution is 2.12. The van der Waals surface area contributed by atoms with Gasteiger partial charge in [-0.05, 0) is 24.7 Å². The third kappa shape index (κ3) is 3.65. The minimum Gasteiger partial charge on any atom is -0.351 e. The van der Waals surface area contributed by atoms with Crippen LogP contribution < -0.4 is 10.6 Å². The van der Waals surface area contributed by atoms with Gasteiger partial charge < -0.3 is 10.6 Å². The molecular formula is C12H18ClN5O. The summed E-state index contributed by atoms with van der Waals surface area (Å²) in [6, 6.07) is 5.40. The van der Waals surface area contributed by atoms with Crippen LogP contribution in [0.1, 0.15) is 17.3 Å². The fourth-order valence-corrected chi connectivity index (χ4v) is 1.73. The molecule has 6 nitrogen and oxygen atoms in total. The topological polar surface area (TPSA) is 71.8 Å². The number of carbonyl (C=O) groups is 1. The predicted molar refractivity (Wildman–Crippen MR) is 76.6 cm³/mol. The second kappa shape index (κ2) is 7.06. The number of halogens is 1. The maximum absolute atomic E-state index is 11.9. The van der Waals surface area contributed by atoms with E-state index in [4.69, 9.17) is 0 Å². The highest BCUT2D eigenvalue weighted by molar-refractivity contribution is 5.97. The molecule has 0 bridgehead atoms. The molecule has 2 aromatic rings. The van der Waals surface area contributed by atoms with Crippen molar-refractivity contribution in [3.8, 4) is 0 Å². The van der Waals surface area contributed by atoms with Crippen LogP contribution in [0.25, 0.3) is 11.0 Å². The monoisotopic (exact) mass is 283 g/mol. The minimum atomic E-state index is -0.0829. The highest BCUT2D eigenvalue weighted by Gasteiger charge is 2.08. The van der Waals surface area contributed by atoms with Crippen molar-refractivity contribution in [1.82, 2.24) is 25.6 Å². The number of nitrogens with zero attached hydrogens (tertiary/aromatic N) is 3. The van der Waals surface area contributed by atoms with Crippen molar-refractivity contribution in [2.24, 2.45) is 7.05 Å². The summed E-state index contributed by atoms with van der Waals surface area (Å²) in [4.78, 5) is 11.9. The van der Waals surface area contributed by atoms with Crippen LogP contribution in [0.4, 0.5) is 0 Å². The van der Waals surface area contributed by atoms with Crippen LogP contribution in [0.2, 0.25) is 0 Å². The van der Waals surface area contributed by atoms with Gasteiger partial charge >= 0.3 is 0 Å². The number of carbonyl (C=O) groups excluding carboxylic acids is 1. The first-order chi connectivity index (χ1) is 8.72. The maximum Gasteiger partial charge on any atom is 0.251 e. The largest absolute Gasteiger partial charge is 0.351 e. The Morgan fingerprint density at radius 2 is 2.16 bits per heavy atom. The summed E-state index contributed by atoms with van der Waals surface area (Å²) in [5, 5.41) is 13.9. The summed E-state index contributed by atoms with van der Waals surface area (Å²) in [5.74, 6) is -0.0829. The fraction of sp³-hybridized carbons (Fsp3) is 0.417. The molecule has 2 rings (SSSR count). The Hall–Kier alpha value is -1.66. The number of fused-ring (bicyclic) bond motifs is 1. The maximum atomic E-state index is 11.9. The molecular weight excluding hydrogens is 266 g/mol. The van der Waals surface area contributed by atoms with Crippen LogP contribution in [0.5, 0.6) is 0 Å². The zero-order valence-corrected chi connectivity index (χ0v) is 11.8. The van der Waals surface area contributed by atoms with E-state index in [1.54, 1.807) is 16.8 Å². The Labute approximate surface area is 118 Å². The normalized spacial score (nSPS) is 10.2. The van der Waals surface area contributed by atoms with E-state index < -0.39 is 0 Å². The SMILES string of the molecule is CCNCCNC(=O)c1ccc2c(c1)nnn2C.Cl. The van der Waals surface area contributed by atoms with E-state index in [2.05, 4.69) is 20.9 Å². The third-order valence-corrected chi connectivity index (χ3v) is 2.71. The Morgan fingerprint density at radius 1 is 1.37 bits per heavy atom. The molecule has 0 aliphatic rings. The summed E-state index contributed by atoms with van der Waals surface area (Å²) >= 11 is 0. The van der Waals surface area contributed by atoms with Crippen molar-refractivity contribution in [3.63, 3.8) is 0 Å². The smallest absolute Gasteiger partial charge is 0.251 e. The van der Waals surface area contributed by atoms with Crippen molar-refractivity contribution in [2.45, 2.75) is 6.92 Å². The molecule has 0 fully saturated rings. The van der Waals surface area contributed by atoms with Gasteiger partial charge in [-0.3, -0.25) is 4.79 Å². The summed E-state index contributed by atoms with van der Waals surface area (Å²) in [5.41, 5.74) is 2.26. The molecule has 104 valence electrons. The molecule has 0 saturated carbocycles. The number of likely N-dealkylation sites (N-methyl/N-ethyl adjacent to an activating group) is 1. The number of benzene rings is 1. The lowest BCUT2D eigenvalue weighted by atomic mass is 10.2. The Balaban J connectivity index is 0.00000180. The van der Waals surface area contributed by atoms with Gasteiger partial charge in [0.15, 0.2) is 0 Å². The molecule has 0 saturated heterocycles. The van der Waals surface area contributed by atoms with Gasteiger partial charge in [-0.1, -0.05) is 12.1 Å². The molecule has 0 radical (unpaired) electrons. The van der Waals surface area contributed by atoms with Crippen molar-refractivity contribution in [3.05, 3.63) is 23.8 Å². The number of nitrogens with one attached hydrogen (secondary N) is 2. The van der Waals surface area contributed by atoms with E-state index in [1.165, 1.54) is 0 Å². The molecule has 0 aliphatic heterocycles. The first-order valence-electron chi connectivity index (χ1n) is 6.00. The summed E-state index contributed by atoms with van der Waals surface area (Å²) < 4.78 is 1.68. The van der Waals surface area contributed by atoms with Crippen LogP contribution >= 0.6 is 12.4 Å². The number of aryl methyl sites for hydroxylation is 1. The second-order valence-electron chi connectivity index (χ2n) is 4.03. The molecule has 0 unspecified atom stereocenters. The Kier molecular flexibility index (Phi) is 5.72. The minimum absolute atomic E-state index is 0. The lowest BCUT2D eigenvalue weighted by Gasteiger charge is -2.05. The zero-order valence-electron chi connectivity index (χ0n) is 11.0. The van der Waals surface area contributed by atoms with Gasteiger partial charge in [-0.15, -0.1) is 17.5 Å². The van der Waals surface area contributed by atoms with Gasteiger partial charge in [0.1, 0.15) is 5.52 Å². The first kappa shape index (κ1) is 15.4. The average molecular weight is 284 g/mol. The van der Waals surface area contributed by atoms with E-state index >= 15 is 0 Å². The average Bonchev–Trinajstić information content (AvgIpc) is 2.76. The molecule has 1 amide bonds. The van der Waals surface area contributed by atoms with Gasteiger partial charge in [0.25, 0.3) is 5.91 Å². The van der Waals surface area contributed by atoms with Gasteiger partial charge in [-0.25, -0.2) is 4.68 Å². The quantitative estimate of drug-likeness (QED) is 0.794. The van der Waals surface area contributed by atoms with Crippen LogP contribution in [0.3, 0.4) is 0 Å². The lowest BCUT2D eigenvalue weighted by Crippen LogP contribution is -2.31. The molecule has 0 spiro atoms. The molecule has 2 N–H and O–H groups in total. The summed E-state index contributed by atoms with van der Waals surface area (Å²) in [6.07, 6.45) is 0. The molecule has 1 aromatic carbocycles. The summed E-state index contributed by atoms with van der Waals surface area (Å²) in [7, 11) is 1.82. The van der Waals surface area contributed by atoms with Gasteiger partial charge in [-0.2, -0.15) is 0 Å². The van der Waals surface area contributed by atoms with Crippen LogP contribution in [-0.4, -0.2) is 40.5 Å². The standard InChI is InChI=1S/C12H17N5O.ClH/c1-3-13-6-7-14-12(18)9-4-5-11-10(8-9)15-16-17(11)2;/h4-5,8,13H,3,6-7H2,1-2H3,(H,14,18);1H. The molecule has 19 heavy (non-hydrogen) atoms. The van der Waals surface area contributed by atoms with Crippen molar-refractivity contribution < 1.29 is 4.79 Å². The van der Waals surface area contributed by atoms with Crippen molar-refractivity contribution in [2.75, 3.05) is 19.6 Å². The molecule has 1 heterocycles. The predicted octanol–water partition coefficient (Wildman–Crippen LogP) is 0.729. The molecule has 1 aromatic heterocycles. The number of hydrogen-bond donors (Lipinski definition) is 2. The van der Waals surface area contributed by atoms with Gasteiger partial charge in [0.2, 0.25) is 0 Å². The van der Waals surface area contributed by atoms with E-state index in [0.29, 0.717) is 12.1 Å². The van der Waals surface area contributed by atoms with E-state index in [0.717, 1.165) is 24.1 Å². The second-order valence-corrected chi connectivity index (χ2v) is 4.03.